The molecule has 3 rings (SSSR count). The van der Waals surface area contributed by atoms with Gasteiger partial charge in [-0.3, -0.25) is 14.4 Å². The molecule has 0 aromatic rings. The standard InChI is InChI=1S/C29H44N6O6/c1-6-9-10-20(15-24(36)30-11-7-2)31-26(37)25-21-14-19(21)16-35(25)27(38)22(8-3)32-28(39)33-23(18(4)5)17-34-12-13-41-29(34)40/h7-8,14,18-20,23,25H,2,6,9-13,15-17H2,1,3-5H3,(H,30,36)(H,31,37)(H2,32,33,39)/b22-8-/t19-,20?,23+,25-/m0/s1. The quantitative estimate of drug-likeness (QED) is 0.174. The van der Waals surface area contributed by atoms with Crippen molar-refractivity contribution in [2.24, 2.45) is 11.8 Å². The first kappa shape index (κ1) is 31.7. The van der Waals surface area contributed by atoms with Gasteiger partial charge >= 0.3 is 12.1 Å². The summed E-state index contributed by atoms with van der Waals surface area (Å²) >= 11 is 0. The summed E-state index contributed by atoms with van der Waals surface area (Å²) in [5.74, 6) is -0.920. The molecule has 1 unspecified atom stereocenters. The minimum atomic E-state index is -0.794. The van der Waals surface area contributed by atoms with Gasteiger partial charge in [-0.1, -0.05) is 51.8 Å². The molecule has 4 atom stereocenters. The number of fused-ring (bicyclic) bond motifs is 1. The van der Waals surface area contributed by atoms with Crippen molar-refractivity contribution in [2.75, 3.05) is 32.8 Å². The first-order valence-corrected chi connectivity index (χ1v) is 14.5. The van der Waals surface area contributed by atoms with E-state index in [9.17, 15) is 24.0 Å². The molecule has 0 aromatic heterocycles. The smallest absolute Gasteiger partial charge is 0.410 e. The van der Waals surface area contributed by atoms with Crippen LogP contribution in [-0.4, -0.2) is 90.6 Å². The average molecular weight is 573 g/mol. The molecule has 3 aliphatic rings. The number of likely N-dealkylation sites (tertiary alicyclic amines) is 1. The third-order valence-electron chi connectivity index (χ3n) is 7.52. The van der Waals surface area contributed by atoms with Gasteiger partial charge in [-0.15, -0.1) is 6.58 Å². The van der Waals surface area contributed by atoms with Crippen LogP contribution in [0.4, 0.5) is 9.59 Å². The molecule has 12 nitrogen and oxygen atoms in total. The summed E-state index contributed by atoms with van der Waals surface area (Å²) < 4.78 is 4.98. The summed E-state index contributed by atoms with van der Waals surface area (Å²) in [5.41, 5.74) is 0.926. The Bertz CT molecular complexity index is 1090. The summed E-state index contributed by atoms with van der Waals surface area (Å²) in [6.45, 7) is 12.9. The molecule has 0 bridgehead atoms. The number of ether oxygens (including phenoxy) is 1. The summed E-state index contributed by atoms with van der Waals surface area (Å²) in [7, 11) is 0. The number of nitrogens with zero attached hydrogens (tertiary/aromatic N) is 2. The first-order chi connectivity index (χ1) is 19.6. The Morgan fingerprint density at radius 2 is 1.98 bits per heavy atom. The number of carbonyl (C=O) groups is 5. The number of unbranched alkanes of at least 4 members (excludes halogenated alkanes) is 1. The van der Waals surface area contributed by atoms with Gasteiger partial charge in [0.25, 0.3) is 5.91 Å². The molecular weight excluding hydrogens is 528 g/mol. The second-order valence-electron chi connectivity index (χ2n) is 11.0. The molecule has 12 heteroatoms. The Morgan fingerprint density at radius 3 is 2.59 bits per heavy atom. The van der Waals surface area contributed by atoms with Crippen LogP contribution in [0.2, 0.25) is 0 Å². The van der Waals surface area contributed by atoms with Crippen molar-refractivity contribution < 1.29 is 28.7 Å². The Labute approximate surface area is 242 Å². The summed E-state index contributed by atoms with van der Waals surface area (Å²) in [6, 6.07) is -2.10. The van der Waals surface area contributed by atoms with Crippen LogP contribution in [-0.2, 0) is 19.1 Å². The number of hydrogen-bond acceptors (Lipinski definition) is 6. The van der Waals surface area contributed by atoms with E-state index in [1.807, 2.05) is 26.8 Å². The molecule has 2 heterocycles. The molecule has 2 aliphatic heterocycles. The second kappa shape index (κ2) is 14.7. The summed E-state index contributed by atoms with van der Waals surface area (Å²) in [6.07, 6.45) is 7.19. The van der Waals surface area contributed by atoms with Crippen LogP contribution in [0.5, 0.6) is 0 Å². The number of rotatable bonds is 15. The fraction of sp³-hybridized carbons (Fsp3) is 0.621. The molecule has 226 valence electrons. The Hall–Kier alpha value is -3.83. The molecule has 1 aliphatic carbocycles. The molecule has 0 radical (unpaired) electrons. The van der Waals surface area contributed by atoms with Crippen LogP contribution in [0.15, 0.2) is 36.1 Å². The van der Waals surface area contributed by atoms with Gasteiger partial charge in [0.1, 0.15) is 18.3 Å². The molecular formula is C29H44N6O6. The van der Waals surface area contributed by atoms with Gasteiger partial charge in [-0.05, 0) is 24.8 Å². The van der Waals surface area contributed by atoms with Crippen molar-refractivity contribution in [2.45, 2.75) is 71.5 Å². The Balaban J connectivity index is 1.63. The van der Waals surface area contributed by atoms with Gasteiger partial charge in [-0.2, -0.15) is 0 Å². The maximum absolute atomic E-state index is 13.6. The zero-order valence-corrected chi connectivity index (χ0v) is 24.5. The molecule has 0 aromatic carbocycles. The maximum atomic E-state index is 13.6. The third-order valence-corrected chi connectivity index (χ3v) is 7.52. The Kier molecular flexibility index (Phi) is 11.4. The molecule has 2 fully saturated rings. The third kappa shape index (κ3) is 8.58. The number of cyclic esters (lactones) is 1. The predicted molar refractivity (Wildman–Crippen MR) is 153 cm³/mol. The van der Waals surface area contributed by atoms with E-state index in [1.54, 1.807) is 13.0 Å². The zero-order valence-electron chi connectivity index (χ0n) is 24.5. The molecule has 41 heavy (non-hydrogen) atoms. The van der Waals surface area contributed by atoms with Gasteiger partial charge in [-0.25, -0.2) is 9.59 Å². The lowest BCUT2D eigenvalue weighted by atomic mass is 10.0. The van der Waals surface area contributed by atoms with Gasteiger partial charge in [0, 0.05) is 38.0 Å². The number of hydrogen-bond donors (Lipinski definition) is 4. The maximum Gasteiger partial charge on any atom is 0.410 e. The van der Waals surface area contributed by atoms with Crippen LogP contribution in [0.25, 0.3) is 0 Å². The number of allylic oxidation sites excluding steroid dienone is 1. The topological polar surface area (TPSA) is 149 Å². The largest absolute Gasteiger partial charge is 0.448 e. The fourth-order valence-electron chi connectivity index (χ4n) is 5.05. The van der Waals surface area contributed by atoms with Gasteiger partial charge in [0.2, 0.25) is 11.8 Å². The molecule has 4 N–H and O–H groups in total. The minimum Gasteiger partial charge on any atom is -0.448 e. The normalized spacial score (nSPS) is 21.0. The number of amides is 6. The molecule has 2 saturated heterocycles. The van der Waals surface area contributed by atoms with Crippen LogP contribution in [0.1, 0.15) is 53.4 Å². The van der Waals surface area contributed by atoms with Crippen LogP contribution >= 0.6 is 0 Å². The lowest BCUT2D eigenvalue weighted by Crippen LogP contribution is -2.53. The number of nitrogens with one attached hydrogen (secondary N) is 4. The molecule has 0 saturated carbocycles. The van der Waals surface area contributed by atoms with Crippen molar-refractivity contribution in [1.82, 2.24) is 31.1 Å². The highest BCUT2D eigenvalue weighted by atomic mass is 16.6. The van der Waals surface area contributed by atoms with Crippen molar-refractivity contribution in [1.29, 1.82) is 0 Å². The fourth-order valence-corrected chi connectivity index (χ4v) is 5.05. The highest BCUT2D eigenvalue weighted by molar-refractivity contribution is 6.02. The van der Waals surface area contributed by atoms with E-state index in [2.05, 4.69) is 27.8 Å². The van der Waals surface area contributed by atoms with Gasteiger partial charge in [0.05, 0.1) is 12.6 Å². The second-order valence-corrected chi connectivity index (χ2v) is 11.0. The van der Waals surface area contributed by atoms with Crippen molar-refractivity contribution in [3.8, 4) is 0 Å². The lowest BCUT2D eigenvalue weighted by molar-refractivity contribution is -0.135. The number of carbonyl (C=O) groups excluding carboxylic acids is 5. The lowest BCUT2D eigenvalue weighted by Gasteiger charge is -2.29. The van der Waals surface area contributed by atoms with Crippen LogP contribution < -0.4 is 21.3 Å². The van der Waals surface area contributed by atoms with Crippen LogP contribution in [0, 0.1) is 11.8 Å². The molecule has 6 amide bonds. The minimum absolute atomic E-state index is 0.0177. The highest BCUT2D eigenvalue weighted by Gasteiger charge is 2.50. The first-order valence-electron chi connectivity index (χ1n) is 14.5. The van der Waals surface area contributed by atoms with E-state index in [4.69, 9.17) is 4.74 Å². The van der Waals surface area contributed by atoms with Crippen molar-refractivity contribution >= 4 is 29.8 Å². The SMILES string of the molecule is C=CCNC(=O)CC(CCCC)NC(=O)[C@@H]1C2=C[C@H]2CN1C(=O)/C(=C/C)NC(=O)N[C@H](CN1CCOC1=O)C(C)C. The van der Waals surface area contributed by atoms with E-state index in [0.29, 0.717) is 32.7 Å². The van der Waals surface area contributed by atoms with E-state index in [1.165, 1.54) is 15.9 Å². The van der Waals surface area contributed by atoms with E-state index in [-0.39, 0.29) is 54.4 Å². The predicted octanol–water partition coefficient (Wildman–Crippen LogP) is 1.80. The van der Waals surface area contributed by atoms with Gasteiger partial charge < -0.3 is 35.8 Å². The van der Waals surface area contributed by atoms with E-state index >= 15 is 0 Å². The average Bonchev–Trinajstić information content (AvgIpc) is 3.41. The van der Waals surface area contributed by atoms with Gasteiger partial charge in [0.15, 0.2) is 0 Å². The van der Waals surface area contributed by atoms with Crippen LogP contribution in [0.3, 0.4) is 0 Å². The number of urea groups is 1. The van der Waals surface area contributed by atoms with E-state index in [0.717, 1.165) is 18.4 Å². The van der Waals surface area contributed by atoms with Crippen molar-refractivity contribution in [3.63, 3.8) is 0 Å². The monoisotopic (exact) mass is 572 g/mol. The summed E-state index contributed by atoms with van der Waals surface area (Å²) in [4.78, 5) is 67.1. The molecule has 0 spiro atoms. The highest BCUT2D eigenvalue weighted by Crippen LogP contribution is 2.42. The van der Waals surface area contributed by atoms with Crippen molar-refractivity contribution in [3.05, 3.63) is 36.1 Å². The zero-order chi connectivity index (χ0) is 30.1. The Morgan fingerprint density at radius 1 is 1.22 bits per heavy atom. The van der Waals surface area contributed by atoms with E-state index < -0.39 is 24.1 Å². The summed E-state index contributed by atoms with van der Waals surface area (Å²) in [5, 5.41) is 11.2.